The molecule has 0 aliphatic carbocycles. The van der Waals surface area contributed by atoms with Crippen LogP contribution in [0.2, 0.25) is 0 Å². The number of benzene rings is 1. The van der Waals surface area contributed by atoms with E-state index in [4.69, 9.17) is 14.2 Å². The van der Waals surface area contributed by atoms with Crippen molar-refractivity contribution in [3.8, 4) is 5.75 Å². The first-order valence-electron chi connectivity index (χ1n) is 8.88. The van der Waals surface area contributed by atoms with Gasteiger partial charge in [-0.15, -0.1) is 0 Å². The summed E-state index contributed by atoms with van der Waals surface area (Å²) < 4.78 is 16.0. The Balaban J connectivity index is 1.76. The van der Waals surface area contributed by atoms with E-state index in [0.29, 0.717) is 31.8 Å². The number of carbonyl (C=O) groups excluding carboxylic acids is 2. The van der Waals surface area contributed by atoms with Crippen LogP contribution >= 0.6 is 0 Å². The molecule has 1 fully saturated rings. The Labute approximate surface area is 153 Å². The van der Waals surface area contributed by atoms with Gasteiger partial charge in [-0.1, -0.05) is 0 Å². The van der Waals surface area contributed by atoms with Crippen molar-refractivity contribution in [2.45, 2.75) is 38.8 Å². The van der Waals surface area contributed by atoms with Crippen molar-refractivity contribution < 1.29 is 23.8 Å². The number of ether oxygens (including phenoxy) is 3. The SMILES string of the molecule is COC(=O)c1ccc2c(c1)N(C1CCN(C(=O)OC(C)(C)C)C1)CCO2. The molecule has 1 amide bonds. The highest BCUT2D eigenvalue weighted by Crippen LogP contribution is 2.36. The predicted octanol–water partition coefficient (Wildman–Crippen LogP) is 2.68. The molecular formula is C19H26N2O5. The van der Waals surface area contributed by atoms with E-state index in [1.54, 1.807) is 23.1 Å². The van der Waals surface area contributed by atoms with Crippen LogP contribution in [0.4, 0.5) is 10.5 Å². The van der Waals surface area contributed by atoms with Gasteiger partial charge < -0.3 is 24.0 Å². The summed E-state index contributed by atoms with van der Waals surface area (Å²) >= 11 is 0. The van der Waals surface area contributed by atoms with Crippen molar-refractivity contribution in [2.75, 3.05) is 38.3 Å². The third-order valence-electron chi connectivity index (χ3n) is 4.54. The summed E-state index contributed by atoms with van der Waals surface area (Å²) in [6.07, 6.45) is 0.568. The number of methoxy groups -OCH3 is 1. The number of hydrogen-bond acceptors (Lipinski definition) is 6. The molecule has 1 saturated heterocycles. The number of fused-ring (bicyclic) bond motifs is 1. The second kappa shape index (κ2) is 7.05. The molecule has 0 spiro atoms. The third-order valence-corrected chi connectivity index (χ3v) is 4.54. The maximum Gasteiger partial charge on any atom is 0.410 e. The number of hydrogen-bond donors (Lipinski definition) is 0. The fraction of sp³-hybridized carbons (Fsp3) is 0.579. The minimum Gasteiger partial charge on any atom is -0.490 e. The number of rotatable bonds is 2. The molecule has 26 heavy (non-hydrogen) atoms. The van der Waals surface area contributed by atoms with Gasteiger partial charge >= 0.3 is 12.1 Å². The van der Waals surface area contributed by atoms with E-state index < -0.39 is 5.60 Å². The minimum atomic E-state index is -0.504. The number of esters is 1. The zero-order chi connectivity index (χ0) is 18.9. The molecule has 3 rings (SSSR count). The quantitative estimate of drug-likeness (QED) is 0.754. The first-order valence-corrected chi connectivity index (χ1v) is 8.88. The molecular weight excluding hydrogens is 336 g/mol. The van der Waals surface area contributed by atoms with Crippen LogP contribution in [0.25, 0.3) is 0 Å². The molecule has 1 unspecified atom stereocenters. The first kappa shape index (κ1) is 18.4. The van der Waals surface area contributed by atoms with E-state index in [-0.39, 0.29) is 18.1 Å². The van der Waals surface area contributed by atoms with Crippen molar-refractivity contribution in [3.05, 3.63) is 23.8 Å². The van der Waals surface area contributed by atoms with Gasteiger partial charge in [0.2, 0.25) is 0 Å². The highest BCUT2D eigenvalue weighted by molar-refractivity contribution is 5.91. The summed E-state index contributed by atoms with van der Waals surface area (Å²) in [6.45, 7) is 8.14. The normalized spacial score (nSPS) is 19.6. The second-order valence-electron chi connectivity index (χ2n) is 7.58. The van der Waals surface area contributed by atoms with Crippen LogP contribution in [0.15, 0.2) is 18.2 Å². The van der Waals surface area contributed by atoms with Gasteiger partial charge in [-0.2, -0.15) is 0 Å². The van der Waals surface area contributed by atoms with E-state index in [0.717, 1.165) is 17.9 Å². The van der Waals surface area contributed by atoms with Crippen LogP contribution in [0.1, 0.15) is 37.6 Å². The van der Waals surface area contributed by atoms with E-state index >= 15 is 0 Å². The Morgan fingerprint density at radius 3 is 2.69 bits per heavy atom. The van der Waals surface area contributed by atoms with E-state index in [2.05, 4.69) is 4.90 Å². The van der Waals surface area contributed by atoms with Gasteiger partial charge in [-0.05, 0) is 45.4 Å². The van der Waals surface area contributed by atoms with Gasteiger partial charge in [0.15, 0.2) is 0 Å². The molecule has 1 aromatic carbocycles. The van der Waals surface area contributed by atoms with Crippen molar-refractivity contribution in [3.63, 3.8) is 0 Å². The summed E-state index contributed by atoms with van der Waals surface area (Å²) in [5, 5.41) is 0. The molecule has 0 radical (unpaired) electrons. The Bertz CT molecular complexity index is 698. The standard InChI is InChI=1S/C19H26N2O5/c1-19(2,3)26-18(23)20-8-7-14(12-20)21-9-10-25-16-6-5-13(11-15(16)21)17(22)24-4/h5-6,11,14H,7-10,12H2,1-4H3. The molecule has 0 saturated carbocycles. The number of likely N-dealkylation sites (tertiary alicyclic amines) is 1. The fourth-order valence-electron chi connectivity index (χ4n) is 3.35. The summed E-state index contributed by atoms with van der Waals surface area (Å²) in [5.41, 5.74) is 0.856. The van der Waals surface area contributed by atoms with E-state index in [9.17, 15) is 9.59 Å². The third kappa shape index (κ3) is 3.86. The average molecular weight is 362 g/mol. The highest BCUT2D eigenvalue weighted by atomic mass is 16.6. The molecule has 0 aromatic heterocycles. The molecule has 7 nitrogen and oxygen atoms in total. The molecule has 1 atom stereocenters. The van der Waals surface area contributed by atoms with Crippen molar-refractivity contribution >= 4 is 17.7 Å². The summed E-state index contributed by atoms with van der Waals surface area (Å²) in [5.74, 6) is 0.375. The zero-order valence-electron chi connectivity index (χ0n) is 15.8. The van der Waals surface area contributed by atoms with Gasteiger partial charge in [-0.25, -0.2) is 9.59 Å². The minimum absolute atomic E-state index is 0.165. The Hall–Kier alpha value is -2.44. The lowest BCUT2D eigenvalue weighted by Gasteiger charge is -2.36. The monoisotopic (exact) mass is 362 g/mol. The largest absolute Gasteiger partial charge is 0.490 e. The van der Waals surface area contributed by atoms with Crippen molar-refractivity contribution in [1.29, 1.82) is 0 Å². The Morgan fingerprint density at radius 1 is 1.23 bits per heavy atom. The summed E-state index contributed by atoms with van der Waals surface area (Å²) in [4.78, 5) is 28.1. The lowest BCUT2D eigenvalue weighted by molar-refractivity contribution is 0.0292. The molecule has 142 valence electrons. The number of anilines is 1. The van der Waals surface area contributed by atoms with Crippen LogP contribution in [0.5, 0.6) is 5.75 Å². The van der Waals surface area contributed by atoms with Gasteiger partial charge in [0.1, 0.15) is 18.0 Å². The van der Waals surface area contributed by atoms with Gasteiger partial charge in [0, 0.05) is 19.1 Å². The van der Waals surface area contributed by atoms with Crippen LogP contribution in [-0.4, -0.2) is 62.0 Å². The lowest BCUT2D eigenvalue weighted by atomic mass is 10.1. The highest BCUT2D eigenvalue weighted by Gasteiger charge is 2.35. The molecule has 2 aliphatic heterocycles. The molecule has 2 heterocycles. The second-order valence-corrected chi connectivity index (χ2v) is 7.58. The number of carbonyl (C=O) groups is 2. The molecule has 0 N–H and O–H groups in total. The van der Waals surface area contributed by atoms with Crippen LogP contribution < -0.4 is 9.64 Å². The van der Waals surface area contributed by atoms with Crippen LogP contribution in [0, 0.1) is 0 Å². The van der Waals surface area contributed by atoms with E-state index in [1.165, 1.54) is 7.11 Å². The summed E-state index contributed by atoms with van der Waals surface area (Å²) in [6, 6.07) is 5.47. The average Bonchev–Trinajstić information content (AvgIpc) is 3.08. The van der Waals surface area contributed by atoms with Crippen LogP contribution in [-0.2, 0) is 9.47 Å². The number of amides is 1. The smallest absolute Gasteiger partial charge is 0.410 e. The molecule has 2 aliphatic rings. The molecule has 1 aromatic rings. The number of nitrogens with zero attached hydrogens (tertiary/aromatic N) is 2. The maximum absolute atomic E-state index is 12.3. The topological polar surface area (TPSA) is 68.3 Å². The molecule has 0 bridgehead atoms. The van der Waals surface area contributed by atoms with Gasteiger partial charge in [0.25, 0.3) is 0 Å². The first-order chi connectivity index (χ1) is 12.3. The Kier molecular flexibility index (Phi) is 4.98. The molecule has 7 heteroatoms. The fourth-order valence-corrected chi connectivity index (χ4v) is 3.35. The van der Waals surface area contributed by atoms with Crippen LogP contribution in [0.3, 0.4) is 0 Å². The lowest BCUT2D eigenvalue weighted by Crippen LogP contribution is -2.44. The maximum atomic E-state index is 12.3. The predicted molar refractivity (Wildman–Crippen MR) is 96.8 cm³/mol. The van der Waals surface area contributed by atoms with E-state index in [1.807, 2.05) is 20.8 Å². The van der Waals surface area contributed by atoms with Crippen molar-refractivity contribution in [2.24, 2.45) is 0 Å². The zero-order valence-corrected chi connectivity index (χ0v) is 15.8. The summed E-state index contributed by atoms with van der Waals surface area (Å²) in [7, 11) is 1.37. The van der Waals surface area contributed by atoms with Gasteiger partial charge in [0.05, 0.1) is 24.9 Å². The van der Waals surface area contributed by atoms with Crippen molar-refractivity contribution in [1.82, 2.24) is 4.90 Å². The van der Waals surface area contributed by atoms with Gasteiger partial charge in [-0.3, -0.25) is 0 Å². The Morgan fingerprint density at radius 2 is 2.00 bits per heavy atom.